The van der Waals surface area contributed by atoms with Crippen molar-refractivity contribution in [2.45, 2.75) is 39.7 Å². The second-order valence-electron chi connectivity index (χ2n) is 7.27. The molecule has 0 aliphatic rings. The number of hydrogen-bond donors (Lipinski definition) is 1. The highest BCUT2D eigenvalue weighted by atomic mass is 32.2. The Morgan fingerprint density at radius 1 is 1.07 bits per heavy atom. The zero-order chi connectivity index (χ0) is 21.4. The molecule has 1 N–H and O–H groups in total. The zero-order valence-corrected chi connectivity index (χ0v) is 18.3. The number of nitrogens with one attached hydrogen (secondary N) is 1. The maximum Gasteiger partial charge on any atom is 0.232 e. The van der Waals surface area contributed by atoms with Crippen LogP contribution in [0.3, 0.4) is 0 Å². The third-order valence-electron chi connectivity index (χ3n) is 4.54. The molecule has 2 rings (SSSR count). The van der Waals surface area contributed by atoms with Gasteiger partial charge in [0.15, 0.2) is 0 Å². The second kappa shape index (κ2) is 10.3. The van der Waals surface area contributed by atoms with Crippen LogP contribution in [0.25, 0.3) is 0 Å². The predicted molar refractivity (Wildman–Crippen MR) is 117 cm³/mol. The average molecular weight is 419 g/mol. The van der Waals surface area contributed by atoms with Gasteiger partial charge in [0.25, 0.3) is 0 Å². The molecule has 1 amide bonds. The molecule has 0 fully saturated rings. The van der Waals surface area contributed by atoms with Crippen molar-refractivity contribution in [2.24, 2.45) is 0 Å². The first-order valence-electron chi connectivity index (χ1n) is 9.69. The lowest BCUT2D eigenvalue weighted by Gasteiger charge is -2.24. The van der Waals surface area contributed by atoms with E-state index < -0.39 is 10.0 Å². The standard InChI is InChI=1S/C22H30N2O4S/c1-17-10-5-7-12-20(17)24(29(4,26)27)15-9-14-22(25)23-19(3)16-28-21-13-8-6-11-18(21)2/h5-8,10-13,19H,9,14-16H2,1-4H3,(H,23,25)/t19-/m1/s1. The van der Waals surface area contributed by atoms with Crippen LogP contribution in [-0.4, -0.2) is 39.8 Å². The lowest BCUT2D eigenvalue weighted by Crippen LogP contribution is -2.37. The molecular formula is C22H30N2O4S. The highest BCUT2D eigenvalue weighted by Gasteiger charge is 2.19. The Bertz CT molecular complexity index is 928. The number of ether oxygens (including phenoxy) is 1. The van der Waals surface area contributed by atoms with Gasteiger partial charge in [-0.25, -0.2) is 8.42 Å². The maximum atomic E-state index is 12.2. The van der Waals surface area contributed by atoms with E-state index in [0.717, 1.165) is 16.9 Å². The molecule has 29 heavy (non-hydrogen) atoms. The van der Waals surface area contributed by atoms with E-state index in [1.807, 2.05) is 63.2 Å². The molecule has 158 valence electrons. The first kappa shape index (κ1) is 22.7. The fraction of sp³-hybridized carbons (Fsp3) is 0.409. The maximum absolute atomic E-state index is 12.2. The normalized spacial score (nSPS) is 12.3. The summed E-state index contributed by atoms with van der Waals surface area (Å²) in [6.07, 6.45) is 1.86. The molecular weight excluding hydrogens is 388 g/mol. The Morgan fingerprint density at radius 2 is 1.69 bits per heavy atom. The number of anilines is 1. The molecule has 0 saturated carbocycles. The van der Waals surface area contributed by atoms with Crippen molar-refractivity contribution in [3.8, 4) is 5.75 Å². The molecule has 0 radical (unpaired) electrons. The summed E-state index contributed by atoms with van der Waals surface area (Å²) in [5.74, 6) is 0.680. The van der Waals surface area contributed by atoms with Crippen LogP contribution in [-0.2, 0) is 14.8 Å². The summed E-state index contributed by atoms with van der Waals surface area (Å²) in [6.45, 7) is 6.35. The van der Waals surface area contributed by atoms with Crippen LogP contribution in [0.2, 0.25) is 0 Å². The fourth-order valence-electron chi connectivity index (χ4n) is 3.01. The summed E-state index contributed by atoms with van der Waals surface area (Å²) >= 11 is 0. The minimum atomic E-state index is -3.42. The number of sulfonamides is 1. The van der Waals surface area contributed by atoms with Gasteiger partial charge >= 0.3 is 0 Å². The highest BCUT2D eigenvalue weighted by Crippen LogP contribution is 2.22. The molecule has 0 bridgehead atoms. The van der Waals surface area contributed by atoms with Gasteiger partial charge < -0.3 is 10.1 Å². The summed E-state index contributed by atoms with van der Waals surface area (Å²) < 4.78 is 31.5. The molecule has 0 aromatic heterocycles. The SMILES string of the molecule is Cc1ccccc1OC[C@@H](C)NC(=O)CCCN(c1ccccc1C)S(C)(=O)=O. The number of nitrogens with zero attached hydrogens (tertiary/aromatic N) is 1. The summed E-state index contributed by atoms with van der Waals surface area (Å²) in [5, 5.41) is 2.90. The van der Waals surface area contributed by atoms with Gasteiger partial charge in [-0.1, -0.05) is 36.4 Å². The molecule has 0 aliphatic carbocycles. The van der Waals surface area contributed by atoms with E-state index in [0.29, 0.717) is 18.7 Å². The van der Waals surface area contributed by atoms with E-state index in [4.69, 9.17) is 4.74 Å². The predicted octanol–water partition coefficient (Wildman–Crippen LogP) is 3.43. The lowest BCUT2D eigenvalue weighted by molar-refractivity contribution is -0.121. The fourth-order valence-corrected chi connectivity index (χ4v) is 4.04. The van der Waals surface area contributed by atoms with E-state index >= 15 is 0 Å². The third-order valence-corrected chi connectivity index (χ3v) is 5.72. The number of rotatable bonds is 10. The molecule has 0 saturated heterocycles. The molecule has 0 spiro atoms. The van der Waals surface area contributed by atoms with Crippen molar-refractivity contribution in [2.75, 3.05) is 23.7 Å². The summed E-state index contributed by atoms with van der Waals surface area (Å²) in [7, 11) is -3.42. The van der Waals surface area contributed by atoms with E-state index in [9.17, 15) is 13.2 Å². The van der Waals surface area contributed by atoms with Crippen LogP contribution in [0.1, 0.15) is 30.9 Å². The highest BCUT2D eigenvalue weighted by molar-refractivity contribution is 7.92. The number of amides is 1. The average Bonchev–Trinajstić information content (AvgIpc) is 2.64. The Labute approximate surface area is 173 Å². The number of carbonyl (C=O) groups is 1. The quantitative estimate of drug-likeness (QED) is 0.641. The topological polar surface area (TPSA) is 75.7 Å². The number of hydrogen-bond acceptors (Lipinski definition) is 4. The summed E-state index contributed by atoms with van der Waals surface area (Å²) in [4.78, 5) is 12.2. The van der Waals surface area contributed by atoms with Gasteiger partial charge in [0.2, 0.25) is 15.9 Å². The van der Waals surface area contributed by atoms with Crippen molar-refractivity contribution in [3.63, 3.8) is 0 Å². The monoisotopic (exact) mass is 418 g/mol. The van der Waals surface area contributed by atoms with Crippen molar-refractivity contribution in [1.29, 1.82) is 0 Å². The van der Waals surface area contributed by atoms with Gasteiger partial charge in [0.1, 0.15) is 12.4 Å². The Kier molecular flexibility index (Phi) is 8.08. The Balaban J connectivity index is 1.83. The van der Waals surface area contributed by atoms with E-state index in [1.165, 1.54) is 10.6 Å². The molecule has 0 unspecified atom stereocenters. The first-order chi connectivity index (χ1) is 13.7. The van der Waals surface area contributed by atoms with Crippen LogP contribution in [0.4, 0.5) is 5.69 Å². The van der Waals surface area contributed by atoms with Crippen molar-refractivity contribution < 1.29 is 17.9 Å². The molecule has 1 atom stereocenters. The number of carbonyl (C=O) groups excluding carboxylic acids is 1. The summed E-state index contributed by atoms with van der Waals surface area (Å²) in [5.41, 5.74) is 2.57. The molecule has 2 aromatic carbocycles. The van der Waals surface area contributed by atoms with Crippen LogP contribution in [0.5, 0.6) is 5.75 Å². The number of benzene rings is 2. The molecule has 6 nitrogen and oxygen atoms in total. The molecule has 2 aromatic rings. The van der Waals surface area contributed by atoms with Gasteiger partial charge in [-0.15, -0.1) is 0 Å². The molecule has 7 heteroatoms. The van der Waals surface area contributed by atoms with Gasteiger partial charge in [-0.3, -0.25) is 9.10 Å². The van der Waals surface area contributed by atoms with Crippen LogP contribution in [0.15, 0.2) is 48.5 Å². The van der Waals surface area contributed by atoms with Gasteiger partial charge in [0, 0.05) is 13.0 Å². The van der Waals surface area contributed by atoms with Crippen molar-refractivity contribution >= 4 is 21.6 Å². The minimum absolute atomic E-state index is 0.121. The third kappa shape index (κ3) is 7.09. The smallest absolute Gasteiger partial charge is 0.232 e. The summed E-state index contributed by atoms with van der Waals surface area (Å²) in [6, 6.07) is 14.9. The molecule has 0 heterocycles. The van der Waals surface area contributed by atoms with Crippen LogP contribution in [0, 0.1) is 13.8 Å². The van der Waals surface area contributed by atoms with Crippen LogP contribution < -0.4 is 14.4 Å². The van der Waals surface area contributed by atoms with Crippen molar-refractivity contribution in [3.05, 3.63) is 59.7 Å². The van der Waals surface area contributed by atoms with E-state index in [-0.39, 0.29) is 24.9 Å². The van der Waals surface area contributed by atoms with Crippen molar-refractivity contribution in [1.82, 2.24) is 5.32 Å². The number of para-hydroxylation sites is 2. The first-order valence-corrected chi connectivity index (χ1v) is 11.5. The second-order valence-corrected chi connectivity index (χ2v) is 9.18. The van der Waals surface area contributed by atoms with Gasteiger partial charge in [-0.2, -0.15) is 0 Å². The Hall–Kier alpha value is -2.54. The molecule has 0 aliphatic heterocycles. The van der Waals surface area contributed by atoms with E-state index in [1.54, 1.807) is 6.07 Å². The largest absolute Gasteiger partial charge is 0.491 e. The van der Waals surface area contributed by atoms with Gasteiger partial charge in [-0.05, 0) is 50.5 Å². The Morgan fingerprint density at radius 3 is 2.31 bits per heavy atom. The lowest BCUT2D eigenvalue weighted by atomic mass is 10.2. The number of aryl methyl sites for hydroxylation is 2. The zero-order valence-electron chi connectivity index (χ0n) is 17.5. The van der Waals surface area contributed by atoms with Crippen LogP contribution >= 0.6 is 0 Å². The minimum Gasteiger partial charge on any atom is -0.491 e. The van der Waals surface area contributed by atoms with Gasteiger partial charge in [0.05, 0.1) is 18.0 Å². The van der Waals surface area contributed by atoms with E-state index in [2.05, 4.69) is 5.32 Å².